The molecule has 0 aliphatic heterocycles. The molecule has 0 heteroatoms. The normalized spacial score (nSPS) is 19.8. The van der Waals surface area contributed by atoms with Gasteiger partial charge in [-0.3, -0.25) is 0 Å². The predicted octanol–water partition coefficient (Wildman–Crippen LogP) is 3.34. The summed E-state index contributed by atoms with van der Waals surface area (Å²) in [6, 6.07) is 6.90. The average molecular weight is 226 g/mol. The van der Waals surface area contributed by atoms with E-state index in [1.165, 1.54) is 30.9 Å². The standard InChI is InChI=1S/C17H22/c1-17(2,3)15-9-5-7-13-6-4-8-14(16(13)15)12-10-11-12/h4,6-8,12H,5,9-11H2,1-3H3. The second kappa shape index (κ2) is 3.73. The Bertz CT molecular complexity index is 551. The van der Waals surface area contributed by atoms with E-state index in [4.69, 9.17) is 0 Å². The molecule has 1 aromatic rings. The van der Waals surface area contributed by atoms with Crippen LogP contribution in [0.5, 0.6) is 0 Å². The van der Waals surface area contributed by atoms with Gasteiger partial charge in [0.2, 0.25) is 0 Å². The molecule has 0 amide bonds. The molecular weight excluding hydrogens is 204 g/mol. The lowest BCUT2D eigenvalue weighted by molar-refractivity contribution is 0.542. The summed E-state index contributed by atoms with van der Waals surface area (Å²) >= 11 is 0. The fraction of sp³-hybridized carbons (Fsp3) is 0.529. The lowest BCUT2D eigenvalue weighted by Gasteiger charge is -2.26. The van der Waals surface area contributed by atoms with Crippen molar-refractivity contribution >= 4 is 11.6 Å². The van der Waals surface area contributed by atoms with Crippen LogP contribution in [0.1, 0.15) is 57.9 Å². The van der Waals surface area contributed by atoms with Crippen molar-refractivity contribution in [3.05, 3.63) is 34.2 Å². The molecule has 1 fully saturated rings. The maximum Gasteiger partial charge on any atom is -0.0155 e. The lowest BCUT2D eigenvalue weighted by atomic mass is 9.79. The van der Waals surface area contributed by atoms with Crippen LogP contribution in [-0.4, -0.2) is 0 Å². The molecule has 0 N–H and O–H groups in total. The molecule has 0 aromatic heterocycles. The second-order valence-corrected chi connectivity index (χ2v) is 6.56. The Morgan fingerprint density at radius 1 is 1.12 bits per heavy atom. The van der Waals surface area contributed by atoms with Gasteiger partial charge in [-0.15, -0.1) is 0 Å². The molecule has 90 valence electrons. The molecule has 2 aliphatic carbocycles. The molecule has 0 bridgehead atoms. The van der Waals surface area contributed by atoms with Crippen molar-refractivity contribution in [1.29, 1.82) is 0 Å². The fourth-order valence-corrected chi connectivity index (χ4v) is 3.09. The highest BCUT2D eigenvalue weighted by atomic mass is 14.3. The van der Waals surface area contributed by atoms with E-state index >= 15 is 0 Å². The molecule has 1 saturated carbocycles. The summed E-state index contributed by atoms with van der Waals surface area (Å²) in [5.41, 5.74) is 3.62. The second-order valence-electron chi connectivity index (χ2n) is 6.56. The van der Waals surface area contributed by atoms with E-state index in [1.54, 1.807) is 16.4 Å². The molecule has 0 heterocycles. The molecule has 0 nitrogen and oxygen atoms in total. The van der Waals surface area contributed by atoms with Crippen LogP contribution in [0, 0.1) is 5.41 Å². The lowest BCUT2D eigenvalue weighted by Crippen LogP contribution is -2.36. The maximum absolute atomic E-state index is 2.43. The highest BCUT2D eigenvalue weighted by Crippen LogP contribution is 2.39. The summed E-state index contributed by atoms with van der Waals surface area (Å²) in [6.45, 7) is 7.09. The van der Waals surface area contributed by atoms with Crippen molar-refractivity contribution in [3.8, 4) is 0 Å². The molecule has 1 aromatic carbocycles. The van der Waals surface area contributed by atoms with Crippen LogP contribution >= 0.6 is 0 Å². The molecule has 17 heavy (non-hydrogen) atoms. The summed E-state index contributed by atoms with van der Waals surface area (Å²) in [4.78, 5) is 0. The van der Waals surface area contributed by atoms with Crippen LogP contribution in [0.25, 0.3) is 11.6 Å². The minimum Gasteiger partial charge on any atom is -0.0763 e. The molecule has 0 unspecified atom stereocenters. The topological polar surface area (TPSA) is 0 Å². The Labute approximate surface area is 104 Å². The third kappa shape index (κ3) is 1.94. The molecule has 0 saturated heterocycles. The zero-order chi connectivity index (χ0) is 12.0. The summed E-state index contributed by atoms with van der Waals surface area (Å²) in [7, 11) is 0. The average Bonchev–Trinajstić information content (AvgIpc) is 3.10. The Morgan fingerprint density at radius 3 is 2.53 bits per heavy atom. The van der Waals surface area contributed by atoms with Crippen LogP contribution in [-0.2, 0) is 0 Å². The summed E-state index contributed by atoms with van der Waals surface area (Å²) in [6.07, 6.45) is 7.69. The number of hydrogen-bond acceptors (Lipinski definition) is 0. The summed E-state index contributed by atoms with van der Waals surface area (Å²) in [5.74, 6) is 0.855. The molecule has 3 rings (SSSR count). The fourth-order valence-electron chi connectivity index (χ4n) is 3.09. The summed E-state index contributed by atoms with van der Waals surface area (Å²) < 4.78 is 0. The van der Waals surface area contributed by atoms with Gasteiger partial charge in [0.25, 0.3) is 0 Å². The van der Waals surface area contributed by atoms with E-state index in [-0.39, 0.29) is 0 Å². The predicted molar refractivity (Wildman–Crippen MR) is 74.2 cm³/mol. The van der Waals surface area contributed by atoms with Crippen LogP contribution in [0.3, 0.4) is 0 Å². The molecule has 0 spiro atoms. The van der Waals surface area contributed by atoms with Gasteiger partial charge < -0.3 is 0 Å². The molecule has 0 atom stereocenters. The van der Waals surface area contributed by atoms with E-state index in [0.29, 0.717) is 5.41 Å². The highest BCUT2D eigenvalue weighted by Gasteiger charge is 2.27. The van der Waals surface area contributed by atoms with Crippen molar-refractivity contribution in [3.63, 3.8) is 0 Å². The van der Waals surface area contributed by atoms with Crippen LogP contribution in [0.4, 0.5) is 0 Å². The van der Waals surface area contributed by atoms with E-state index in [2.05, 4.69) is 45.0 Å². The first-order valence-corrected chi connectivity index (χ1v) is 6.90. The largest absolute Gasteiger partial charge is 0.0763 e. The Morgan fingerprint density at radius 2 is 1.88 bits per heavy atom. The highest BCUT2D eigenvalue weighted by molar-refractivity contribution is 5.58. The van der Waals surface area contributed by atoms with Crippen molar-refractivity contribution < 1.29 is 0 Å². The van der Waals surface area contributed by atoms with E-state index in [1.807, 2.05) is 0 Å². The van der Waals surface area contributed by atoms with Crippen molar-refractivity contribution in [2.24, 2.45) is 5.41 Å². The first-order valence-electron chi connectivity index (χ1n) is 6.90. The van der Waals surface area contributed by atoms with Gasteiger partial charge in [-0.05, 0) is 53.0 Å². The van der Waals surface area contributed by atoms with Crippen LogP contribution in [0.15, 0.2) is 18.2 Å². The van der Waals surface area contributed by atoms with Gasteiger partial charge in [0.1, 0.15) is 0 Å². The third-order valence-electron chi connectivity index (χ3n) is 4.11. The van der Waals surface area contributed by atoms with Crippen molar-refractivity contribution in [2.75, 3.05) is 0 Å². The van der Waals surface area contributed by atoms with E-state index in [9.17, 15) is 0 Å². The minimum absolute atomic E-state index is 0.313. The van der Waals surface area contributed by atoms with Gasteiger partial charge in [-0.25, -0.2) is 0 Å². The first-order chi connectivity index (χ1) is 8.07. The minimum atomic E-state index is 0.313. The quantitative estimate of drug-likeness (QED) is 0.689. The van der Waals surface area contributed by atoms with Gasteiger partial charge in [0.05, 0.1) is 0 Å². The van der Waals surface area contributed by atoms with Gasteiger partial charge in [0.15, 0.2) is 0 Å². The number of hydrogen-bond donors (Lipinski definition) is 0. The number of rotatable bonds is 1. The maximum atomic E-state index is 2.43. The van der Waals surface area contributed by atoms with Gasteiger partial charge >= 0.3 is 0 Å². The first kappa shape index (κ1) is 11.1. The van der Waals surface area contributed by atoms with Crippen molar-refractivity contribution in [1.82, 2.24) is 0 Å². The van der Waals surface area contributed by atoms with E-state index in [0.717, 1.165) is 5.92 Å². The van der Waals surface area contributed by atoms with Gasteiger partial charge in [0, 0.05) is 0 Å². The van der Waals surface area contributed by atoms with Gasteiger partial charge in [-0.1, -0.05) is 50.6 Å². The third-order valence-corrected chi connectivity index (χ3v) is 4.11. The molecule has 2 aliphatic rings. The summed E-state index contributed by atoms with van der Waals surface area (Å²) in [5, 5.41) is 3.10. The Kier molecular flexibility index (Phi) is 2.43. The number of fused-ring (bicyclic) bond motifs is 1. The SMILES string of the molecule is CC(C)(C)C1=c2c(C3CC3)cccc2=CCC1. The monoisotopic (exact) mass is 226 g/mol. The zero-order valence-electron chi connectivity index (χ0n) is 11.2. The number of benzene rings is 1. The van der Waals surface area contributed by atoms with Crippen LogP contribution in [0.2, 0.25) is 0 Å². The van der Waals surface area contributed by atoms with Crippen molar-refractivity contribution in [2.45, 2.75) is 52.4 Å². The molecular formula is C17H22. The Hall–Kier alpha value is -1.04. The van der Waals surface area contributed by atoms with Gasteiger partial charge in [-0.2, -0.15) is 0 Å². The van der Waals surface area contributed by atoms with E-state index < -0.39 is 0 Å². The molecule has 0 radical (unpaired) electrons. The smallest absolute Gasteiger partial charge is 0.0155 e. The Balaban J connectivity index is 2.37. The zero-order valence-corrected chi connectivity index (χ0v) is 11.2. The van der Waals surface area contributed by atoms with Crippen LogP contribution < -0.4 is 10.4 Å².